The Labute approximate surface area is 77.2 Å². The first-order valence-corrected chi connectivity index (χ1v) is 4.98. The summed E-state index contributed by atoms with van der Waals surface area (Å²) >= 11 is 1.50. The Hall–Kier alpha value is -0.610. The van der Waals surface area contributed by atoms with Gasteiger partial charge in [-0.25, -0.2) is 4.98 Å². The van der Waals surface area contributed by atoms with E-state index in [1.54, 1.807) is 0 Å². The third kappa shape index (κ3) is 2.79. The molecule has 1 aromatic rings. The topological polar surface area (TPSA) is 42.1 Å². The average molecular weight is 185 g/mol. The lowest BCUT2D eigenvalue weighted by atomic mass is 10.4. The molecule has 0 aliphatic carbocycles. The van der Waals surface area contributed by atoms with E-state index in [9.17, 15) is 0 Å². The number of rotatable bonds is 4. The highest BCUT2D eigenvalue weighted by Gasteiger charge is 2.01. The molecule has 1 rings (SSSR count). The zero-order valence-electron chi connectivity index (χ0n) is 7.58. The van der Waals surface area contributed by atoms with Gasteiger partial charge in [-0.3, -0.25) is 0 Å². The summed E-state index contributed by atoms with van der Waals surface area (Å²) in [6, 6.07) is 0. The van der Waals surface area contributed by atoms with Crippen LogP contribution in [0.2, 0.25) is 0 Å². The Morgan fingerprint density at radius 1 is 1.67 bits per heavy atom. The molecule has 0 spiro atoms. The van der Waals surface area contributed by atoms with Gasteiger partial charge in [0.2, 0.25) is 0 Å². The predicted molar refractivity (Wildman–Crippen MR) is 53.2 cm³/mol. The fourth-order valence-corrected chi connectivity index (χ4v) is 1.69. The van der Waals surface area contributed by atoms with Gasteiger partial charge >= 0.3 is 0 Å². The highest BCUT2D eigenvalue weighted by atomic mass is 32.1. The zero-order valence-corrected chi connectivity index (χ0v) is 8.40. The summed E-state index contributed by atoms with van der Waals surface area (Å²) in [6.45, 7) is 4.19. The van der Waals surface area contributed by atoms with E-state index in [1.165, 1.54) is 17.8 Å². The monoisotopic (exact) mass is 185 g/mol. The lowest BCUT2D eigenvalue weighted by molar-refractivity contribution is 0.324. The molecular formula is C8H15N3S. The number of nitrogens with zero attached hydrogens (tertiary/aromatic N) is 2. The van der Waals surface area contributed by atoms with Crippen molar-refractivity contribution in [3.63, 3.8) is 0 Å². The second kappa shape index (κ2) is 4.42. The van der Waals surface area contributed by atoms with E-state index >= 15 is 0 Å². The molecule has 0 radical (unpaired) electrons. The fourth-order valence-electron chi connectivity index (χ4n) is 1.13. The van der Waals surface area contributed by atoms with Gasteiger partial charge in [0.1, 0.15) is 0 Å². The fraction of sp³-hybridized carbons (Fsp3) is 0.625. The number of hydrogen-bond acceptors (Lipinski definition) is 4. The SMILES string of the molecule is CCCN(C)Cc1csc(N)n1. The average Bonchev–Trinajstić information content (AvgIpc) is 2.36. The molecule has 3 nitrogen and oxygen atoms in total. The first kappa shape index (κ1) is 9.48. The minimum absolute atomic E-state index is 0.662. The maximum absolute atomic E-state index is 5.52. The van der Waals surface area contributed by atoms with Crippen LogP contribution >= 0.6 is 11.3 Å². The molecule has 0 saturated carbocycles. The quantitative estimate of drug-likeness (QED) is 0.774. The minimum Gasteiger partial charge on any atom is -0.375 e. The summed E-state index contributed by atoms with van der Waals surface area (Å²) < 4.78 is 0. The van der Waals surface area contributed by atoms with Gasteiger partial charge in [-0.05, 0) is 20.0 Å². The number of anilines is 1. The predicted octanol–water partition coefficient (Wildman–Crippen LogP) is 1.57. The molecule has 2 N–H and O–H groups in total. The Morgan fingerprint density at radius 3 is 2.92 bits per heavy atom. The van der Waals surface area contributed by atoms with E-state index in [2.05, 4.69) is 23.9 Å². The van der Waals surface area contributed by atoms with E-state index in [0.717, 1.165) is 18.8 Å². The van der Waals surface area contributed by atoms with Gasteiger partial charge < -0.3 is 10.6 Å². The van der Waals surface area contributed by atoms with Crippen molar-refractivity contribution in [2.45, 2.75) is 19.9 Å². The Balaban J connectivity index is 2.41. The molecule has 0 unspecified atom stereocenters. The van der Waals surface area contributed by atoms with Gasteiger partial charge in [0.05, 0.1) is 5.69 Å². The van der Waals surface area contributed by atoms with Crippen molar-refractivity contribution in [1.29, 1.82) is 0 Å². The Bertz CT molecular complexity index is 234. The number of thiazole rings is 1. The van der Waals surface area contributed by atoms with Crippen LogP contribution in [-0.4, -0.2) is 23.5 Å². The molecule has 0 aliphatic heterocycles. The second-order valence-corrected chi connectivity index (χ2v) is 3.80. The van der Waals surface area contributed by atoms with E-state index in [-0.39, 0.29) is 0 Å². The van der Waals surface area contributed by atoms with Crippen molar-refractivity contribution < 1.29 is 0 Å². The maximum atomic E-state index is 5.52. The van der Waals surface area contributed by atoms with Crippen LogP contribution in [0.25, 0.3) is 0 Å². The molecule has 1 heterocycles. The smallest absolute Gasteiger partial charge is 0.180 e. The van der Waals surface area contributed by atoms with Crippen molar-refractivity contribution >= 4 is 16.5 Å². The Morgan fingerprint density at radius 2 is 2.42 bits per heavy atom. The van der Waals surface area contributed by atoms with Gasteiger partial charge in [0.15, 0.2) is 5.13 Å². The van der Waals surface area contributed by atoms with Crippen molar-refractivity contribution in [3.8, 4) is 0 Å². The molecule has 12 heavy (non-hydrogen) atoms. The molecule has 1 aromatic heterocycles. The summed E-state index contributed by atoms with van der Waals surface area (Å²) in [5.41, 5.74) is 6.59. The third-order valence-electron chi connectivity index (χ3n) is 1.61. The van der Waals surface area contributed by atoms with Crippen LogP contribution in [0.3, 0.4) is 0 Å². The molecule has 0 atom stereocenters. The van der Waals surface area contributed by atoms with E-state index in [1.807, 2.05) is 5.38 Å². The molecule has 0 saturated heterocycles. The standard InChI is InChI=1S/C8H15N3S/c1-3-4-11(2)5-7-6-12-8(9)10-7/h6H,3-5H2,1-2H3,(H2,9,10). The molecule has 0 amide bonds. The lowest BCUT2D eigenvalue weighted by Gasteiger charge is -2.12. The van der Waals surface area contributed by atoms with Gasteiger partial charge in [-0.1, -0.05) is 6.92 Å². The summed E-state index contributed by atoms with van der Waals surface area (Å²) in [5, 5.41) is 2.68. The molecule has 68 valence electrons. The van der Waals surface area contributed by atoms with Crippen LogP contribution in [-0.2, 0) is 6.54 Å². The molecule has 0 fully saturated rings. The minimum atomic E-state index is 0.662. The van der Waals surface area contributed by atoms with Crippen LogP contribution in [0.4, 0.5) is 5.13 Å². The molecule has 0 aromatic carbocycles. The third-order valence-corrected chi connectivity index (χ3v) is 2.33. The molecule has 0 bridgehead atoms. The number of nitrogen functional groups attached to an aromatic ring is 1. The largest absolute Gasteiger partial charge is 0.375 e. The van der Waals surface area contributed by atoms with Crippen molar-refractivity contribution in [2.75, 3.05) is 19.3 Å². The molecular weight excluding hydrogens is 170 g/mol. The van der Waals surface area contributed by atoms with Crippen LogP contribution in [0, 0.1) is 0 Å². The van der Waals surface area contributed by atoms with Crippen LogP contribution < -0.4 is 5.73 Å². The van der Waals surface area contributed by atoms with E-state index < -0.39 is 0 Å². The number of nitrogens with two attached hydrogens (primary N) is 1. The zero-order chi connectivity index (χ0) is 8.97. The molecule has 4 heteroatoms. The van der Waals surface area contributed by atoms with Crippen molar-refractivity contribution in [3.05, 3.63) is 11.1 Å². The van der Waals surface area contributed by atoms with Gasteiger partial charge in [-0.15, -0.1) is 11.3 Å². The first-order valence-electron chi connectivity index (χ1n) is 4.10. The highest BCUT2D eigenvalue weighted by Crippen LogP contribution is 2.12. The first-order chi connectivity index (χ1) is 5.72. The van der Waals surface area contributed by atoms with Crippen LogP contribution in [0.15, 0.2) is 5.38 Å². The normalized spacial score (nSPS) is 10.9. The second-order valence-electron chi connectivity index (χ2n) is 2.91. The number of hydrogen-bond donors (Lipinski definition) is 1. The summed E-state index contributed by atoms with van der Waals surface area (Å²) in [5.74, 6) is 0. The van der Waals surface area contributed by atoms with Crippen LogP contribution in [0.1, 0.15) is 19.0 Å². The summed E-state index contributed by atoms with van der Waals surface area (Å²) in [7, 11) is 2.10. The van der Waals surface area contributed by atoms with Crippen molar-refractivity contribution in [1.82, 2.24) is 9.88 Å². The van der Waals surface area contributed by atoms with Gasteiger partial charge in [-0.2, -0.15) is 0 Å². The molecule has 0 aliphatic rings. The van der Waals surface area contributed by atoms with E-state index in [4.69, 9.17) is 5.73 Å². The van der Waals surface area contributed by atoms with Crippen LogP contribution in [0.5, 0.6) is 0 Å². The Kier molecular flexibility index (Phi) is 3.49. The lowest BCUT2D eigenvalue weighted by Crippen LogP contribution is -2.18. The number of aromatic nitrogens is 1. The van der Waals surface area contributed by atoms with Gasteiger partial charge in [0.25, 0.3) is 0 Å². The van der Waals surface area contributed by atoms with Crippen molar-refractivity contribution in [2.24, 2.45) is 0 Å². The highest BCUT2D eigenvalue weighted by molar-refractivity contribution is 7.13. The van der Waals surface area contributed by atoms with Gasteiger partial charge in [0, 0.05) is 11.9 Å². The maximum Gasteiger partial charge on any atom is 0.180 e. The van der Waals surface area contributed by atoms with E-state index in [0.29, 0.717) is 5.13 Å². The summed E-state index contributed by atoms with van der Waals surface area (Å²) in [4.78, 5) is 6.43. The summed E-state index contributed by atoms with van der Waals surface area (Å²) in [6.07, 6.45) is 1.18.